The molecule has 1 heterocycles. The summed E-state index contributed by atoms with van der Waals surface area (Å²) in [7, 11) is 0. The minimum atomic E-state index is -0.595. The average Bonchev–Trinajstić information content (AvgIpc) is 3.03. The maximum Gasteiger partial charge on any atom is 0.254 e. The highest BCUT2D eigenvalue weighted by molar-refractivity contribution is 5.94. The van der Waals surface area contributed by atoms with E-state index in [1.54, 1.807) is 17.0 Å². The fraction of sp³-hybridized carbons (Fsp3) is 0.316. The third-order valence-corrected chi connectivity index (χ3v) is 4.39. The van der Waals surface area contributed by atoms with Gasteiger partial charge >= 0.3 is 0 Å². The number of benzene rings is 2. The Kier molecular flexibility index (Phi) is 4.72. The van der Waals surface area contributed by atoms with Gasteiger partial charge in [0.2, 0.25) is 0 Å². The number of amides is 1. The Morgan fingerprint density at radius 2 is 2.00 bits per heavy atom. The molecule has 0 saturated carbocycles. The highest BCUT2D eigenvalue weighted by atomic mass is 19.1. The molecule has 0 aromatic heterocycles. The largest absolute Gasteiger partial charge is 0.388 e. The molecule has 120 valence electrons. The van der Waals surface area contributed by atoms with Crippen LogP contribution in [0.1, 0.15) is 41.3 Å². The Balaban J connectivity index is 1.71. The van der Waals surface area contributed by atoms with Gasteiger partial charge in [0.25, 0.3) is 5.91 Å². The molecule has 1 saturated heterocycles. The SMILES string of the molecule is O=C(c1cccc(F)c1)N1CCC[C@H]1C[C@H](O)c1ccccc1. The van der Waals surface area contributed by atoms with Gasteiger partial charge in [-0.3, -0.25) is 4.79 Å². The molecule has 2 aromatic carbocycles. The Morgan fingerprint density at radius 1 is 1.22 bits per heavy atom. The summed E-state index contributed by atoms with van der Waals surface area (Å²) < 4.78 is 13.3. The number of aliphatic hydroxyl groups excluding tert-OH is 1. The Bertz CT molecular complexity index is 674. The zero-order chi connectivity index (χ0) is 16.2. The highest BCUT2D eigenvalue weighted by Crippen LogP contribution is 2.28. The third-order valence-electron chi connectivity index (χ3n) is 4.39. The van der Waals surface area contributed by atoms with Gasteiger partial charge in [0.1, 0.15) is 5.82 Å². The summed E-state index contributed by atoms with van der Waals surface area (Å²) in [5.41, 5.74) is 1.23. The van der Waals surface area contributed by atoms with Gasteiger partial charge < -0.3 is 10.0 Å². The first kappa shape index (κ1) is 15.7. The molecule has 4 heteroatoms. The molecule has 0 radical (unpaired) electrons. The highest BCUT2D eigenvalue weighted by Gasteiger charge is 2.31. The number of carbonyl (C=O) groups is 1. The van der Waals surface area contributed by atoms with Gasteiger partial charge in [0, 0.05) is 18.2 Å². The molecule has 2 atom stereocenters. The fourth-order valence-electron chi connectivity index (χ4n) is 3.20. The van der Waals surface area contributed by atoms with Crippen molar-refractivity contribution in [3.8, 4) is 0 Å². The number of halogens is 1. The molecule has 1 aliphatic rings. The van der Waals surface area contributed by atoms with Crippen LogP contribution in [0, 0.1) is 5.82 Å². The first-order chi connectivity index (χ1) is 11.1. The normalized spacial score (nSPS) is 18.9. The molecule has 23 heavy (non-hydrogen) atoms. The molecule has 1 aliphatic heterocycles. The molecule has 0 unspecified atom stereocenters. The maximum absolute atomic E-state index is 13.3. The second-order valence-corrected chi connectivity index (χ2v) is 5.97. The lowest BCUT2D eigenvalue weighted by atomic mass is 10.00. The van der Waals surface area contributed by atoms with Crippen LogP contribution in [-0.2, 0) is 0 Å². The zero-order valence-electron chi connectivity index (χ0n) is 12.9. The predicted octanol–water partition coefficient (Wildman–Crippen LogP) is 3.55. The quantitative estimate of drug-likeness (QED) is 0.937. The van der Waals surface area contributed by atoms with E-state index in [1.165, 1.54) is 12.1 Å². The molecule has 1 amide bonds. The third kappa shape index (κ3) is 3.59. The van der Waals surface area contributed by atoms with Crippen molar-refractivity contribution in [2.24, 2.45) is 0 Å². The molecule has 0 aliphatic carbocycles. The van der Waals surface area contributed by atoms with Crippen LogP contribution in [0.15, 0.2) is 54.6 Å². The van der Waals surface area contributed by atoms with Crippen LogP contribution in [0.2, 0.25) is 0 Å². The van der Waals surface area contributed by atoms with E-state index in [9.17, 15) is 14.3 Å². The van der Waals surface area contributed by atoms with Gasteiger partial charge in [0.15, 0.2) is 0 Å². The van der Waals surface area contributed by atoms with Gasteiger partial charge in [-0.15, -0.1) is 0 Å². The molecule has 3 rings (SSSR count). The first-order valence-corrected chi connectivity index (χ1v) is 7.94. The number of rotatable bonds is 4. The minimum Gasteiger partial charge on any atom is -0.388 e. The van der Waals surface area contributed by atoms with Crippen LogP contribution in [0.4, 0.5) is 4.39 Å². The summed E-state index contributed by atoms with van der Waals surface area (Å²) in [6.07, 6.45) is 1.69. The number of hydrogen-bond donors (Lipinski definition) is 1. The van der Waals surface area contributed by atoms with Crippen LogP contribution in [-0.4, -0.2) is 28.5 Å². The van der Waals surface area contributed by atoms with E-state index >= 15 is 0 Å². The Labute approximate surface area is 135 Å². The fourth-order valence-corrected chi connectivity index (χ4v) is 3.20. The average molecular weight is 313 g/mol. The summed E-state index contributed by atoms with van der Waals surface area (Å²) in [4.78, 5) is 14.4. The zero-order valence-corrected chi connectivity index (χ0v) is 12.9. The van der Waals surface area contributed by atoms with Gasteiger partial charge in [0.05, 0.1) is 6.10 Å². The van der Waals surface area contributed by atoms with Crippen LogP contribution in [0.5, 0.6) is 0 Å². The summed E-state index contributed by atoms with van der Waals surface area (Å²) in [5.74, 6) is -0.567. The van der Waals surface area contributed by atoms with E-state index < -0.39 is 11.9 Å². The topological polar surface area (TPSA) is 40.5 Å². The molecule has 0 spiro atoms. The standard InChI is InChI=1S/C19H20FNO2/c20-16-9-4-8-15(12-16)19(23)21-11-5-10-17(21)13-18(22)14-6-2-1-3-7-14/h1-4,6-9,12,17-18,22H,5,10-11,13H2/t17-,18-/m0/s1. The van der Waals surface area contributed by atoms with Crippen molar-refractivity contribution in [1.82, 2.24) is 4.90 Å². The molecular formula is C19H20FNO2. The molecule has 1 N–H and O–H groups in total. The number of likely N-dealkylation sites (tertiary alicyclic amines) is 1. The monoisotopic (exact) mass is 313 g/mol. The maximum atomic E-state index is 13.3. The smallest absolute Gasteiger partial charge is 0.254 e. The van der Waals surface area contributed by atoms with E-state index in [0.29, 0.717) is 18.5 Å². The number of carbonyl (C=O) groups excluding carboxylic acids is 1. The summed E-state index contributed by atoms with van der Waals surface area (Å²) in [6.45, 7) is 0.654. The Hall–Kier alpha value is -2.20. The van der Waals surface area contributed by atoms with Crippen molar-refractivity contribution in [2.45, 2.75) is 31.4 Å². The van der Waals surface area contributed by atoms with Crippen molar-refractivity contribution in [2.75, 3.05) is 6.54 Å². The van der Waals surface area contributed by atoms with Gasteiger partial charge in [-0.2, -0.15) is 0 Å². The first-order valence-electron chi connectivity index (χ1n) is 7.94. The number of nitrogens with zero attached hydrogens (tertiary/aromatic N) is 1. The second-order valence-electron chi connectivity index (χ2n) is 5.97. The van der Waals surface area contributed by atoms with E-state index in [4.69, 9.17) is 0 Å². The van der Waals surface area contributed by atoms with Crippen LogP contribution >= 0.6 is 0 Å². The second kappa shape index (κ2) is 6.92. The number of aliphatic hydroxyl groups is 1. The summed E-state index contributed by atoms with van der Waals surface area (Å²) >= 11 is 0. The van der Waals surface area contributed by atoms with Crippen molar-refractivity contribution < 1.29 is 14.3 Å². The van der Waals surface area contributed by atoms with Crippen molar-refractivity contribution in [3.63, 3.8) is 0 Å². The summed E-state index contributed by atoms with van der Waals surface area (Å²) in [6, 6.07) is 15.2. The van der Waals surface area contributed by atoms with E-state index in [0.717, 1.165) is 18.4 Å². The lowest BCUT2D eigenvalue weighted by molar-refractivity contribution is 0.0666. The molecule has 1 fully saturated rings. The van der Waals surface area contributed by atoms with E-state index in [2.05, 4.69) is 0 Å². The minimum absolute atomic E-state index is 0.0130. The Morgan fingerprint density at radius 3 is 2.74 bits per heavy atom. The van der Waals surface area contributed by atoms with E-state index in [-0.39, 0.29) is 11.9 Å². The predicted molar refractivity (Wildman–Crippen MR) is 86.5 cm³/mol. The van der Waals surface area contributed by atoms with Gasteiger partial charge in [-0.1, -0.05) is 36.4 Å². The molecule has 3 nitrogen and oxygen atoms in total. The van der Waals surface area contributed by atoms with Crippen molar-refractivity contribution in [3.05, 3.63) is 71.5 Å². The molecular weight excluding hydrogens is 293 g/mol. The van der Waals surface area contributed by atoms with Gasteiger partial charge in [-0.05, 0) is 43.0 Å². The summed E-state index contributed by atoms with van der Waals surface area (Å²) in [5, 5.41) is 10.4. The lowest BCUT2D eigenvalue weighted by Gasteiger charge is -2.27. The van der Waals surface area contributed by atoms with Crippen LogP contribution in [0.25, 0.3) is 0 Å². The molecule has 2 aromatic rings. The van der Waals surface area contributed by atoms with E-state index in [1.807, 2.05) is 30.3 Å². The van der Waals surface area contributed by atoms with Crippen molar-refractivity contribution in [1.29, 1.82) is 0 Å². The van der Waals surface area contributed by atoms with Crippen molar-refractivity contribution >= 4 is 5.91 Å². The van der Waals surface area contributed by atoms with Crippen LogP contribution < -0.4 is 0 Å². The van der Waals surface area contributed by atoms with Crippen LogP contribution in [0.3, 0.4) is 0 Å². The number of hydrogen-bond acceptors (Lipinski definition) is 2. The van der Waals surface area contributed by atoms with Gasteiger partial charge in [-0.25, -0.2) is 4.39 Å². The molecule has 0 bridgehead atoms. The lowest BCUT2D eigenvalue weighted by Crippen LogP contribution is -2.36.